The number of hydrogen-bond acceptors (Lipinski definition) is 5. The van der Waals surface area contributed by atoms with Gasteiger partial charge in [0, 0.05) is 5.39 Å². The van der Waals surface area contributed by atoms with E-state index in [0.717, 1.165) is 35.8 Å². The maximum atomic E-state index is 6.19. The van der Waals surface area contributed by atoms with Crippen LogP contribution < -0.4 is 10.5 Å². The number of nitrogens with two attached hydrogens (primary N) is 1. The molecule has 1 aliphatic rings. The predicted molar refractivity (Wildman–Crippen MR) is 82.3 cm³/mol. The first kappa shape index (κ1) is 13.3. The third-order valence-electron chi connectivity index (χ3n) is 4.26. The van der Waals surface area contributed by atoms with E-state index in [2.05, 4.69) is 22.3 Å². The average Bonchev–Trinajstić information content (AvgIpc) is 3.00. The van der Waals surface area contributed by atoms with Gasteiger partial charge in [-0.2, -0.15) is 4.98 Å². The Morgan fingerprint density at radius 2 is 1.95 bits per heavy atom. The van der Waals surface area contributed by atoms with Crippen molar-refractivity contribution in [3.8, 4) is 5.75 Å². The molecule has 112 valence electrons. The zero-order chi connectivity index (χ0) is 15.0. The molecule has 1 aromatic heterocycles. The van der Waals surface area contributed by atoms with E-state index in [4.69, 9.17) is 15.0 Å². The van der Waals surface area contributed by atoms with Gasteiger partial charge in [-0.05, 0) is 30.7 Å². The second-order valence-corrected chi connectivity index (χ2v) is 5.79. The van der Waals surface area contributed by atoms with Crippen molar-refractivity contribution in [1.29, 1.82) is 0 Å². The normalized spacial score (nSPS) is 16.4. The van der Waals surface area contributed by atoms with Gasteiger partial charge >= 0.3 is 0 Å². The minimum Gasteiger partial charge on any atom is -0.483 e. The number of aromatic nitrogens is 2. The van der Waals surface area contributed by atoms with Crippen LogP contribution in [0.3, 0.4) is 0 Å². The number of benzene rings is 2. The third-order valence-corrected chi connectivity index (χ3v) is 4.26. The molecule has 1 fully saturated rings. The van der Waals surface area contributed by atoms with Gasteiger partial charge in [-0.25, -0.2) is 0 Å². The smallest absolute Gasteiger partial charge is 0.264 e. The number of fused-ring (bicyclic) bond motifs is 1. The van der Waals surface area contributed by atoms with Crippen molar-refractivity contribution in [1.82, 2.24) is 10.1 Å². The van der Waals surface area contributed by atoms with Gasteiger partial charge in [0.05, 0.1) is 5.54 Å². The summed E-state index contributed by atoms with van der Waals surface area (Å²) in [6, 6.07) is 14.1. The van der Waals surface area contributed by atoms with Crippen LogP contribution in [0.1, 0.15) is 31.0 Å². The van der Waals surface area contributed by atoms with Crippen LogP contribution in [0.5, 0.6) is 5.75 Å². The molecule has 2 aromatic carbocycles. The molecule has 0 radical (unpaired) electrons. The first-order valence-corrected chi connectivity index (χ1v) is 7.47. The molecule has 5 nitrogen and oxygen atoms in total. The van der Waals surface area contributed by atoms with Crippen LogP contribution >= 0.6 is 0 Å². The average molecular weight is 295 g/mol. The van der Waals surface area contributed by atoms with Gasteiger partial charge in [0.1, 0.15) is 5.75 Å². The Kier molecular flexibility index (Phi) is 3.08. The Morgan fingerprint density at radius 3 is 2.77 bits per heavy atom. The predicted octanol–water partition coefficient (Wildman–Crippen LogP) is 3.14. The quantitative estimate of drug-likeness (QED) is 0.800. The van der Waals surface area contributed by atoms with E-state index in [1.165, 1.54) is 0 Å². The summed E-state index contributed by atoms with van der Waals surface area (Å²) >= 11 is 0. The van der Waals surface area contributed by atoms with Gasteiger partial charge in [0.15, 0.2) is 12.4 Å². The molecule has 1 heterocycles. The highest BCUT2D eigenvalue weighted by molar-refractivity contribution is 5.88. The minimum atomic E-state index is -0.402. The molecule has 0 bridgehead atoms. The summed E-state index contributed by atoms with van der Waals surface area (Å²) < 4.78 is 11.1. The van der Waals surface area contributed by atoms with Crippen molar-refractivity contribution in [3.05, 3.63) is 54.2 Å². The number of ether oxygens (including phenoxy) is 1. The summed E-state index contributed by atoms with van der Waals surface area (Å²) in [6.45, 7) is 0.247. The van der Waals surface area contributed by atoms with E-state index in [0.29, 0.717) is 11.7 Å². The van der Waals surface area contributed by atoms with Gasteiger partial charge in [-0.15, -0.1) is 0 Å². The molecule has 0 amide bonds. The maximum Gasteiger partial charge on any atom is 0.264 e. The second-order valence-electron chi connectivity index (χ2n) is 5.79. The third kappa shape index (κ3) is 2.23. The zero-order valence-electron chi connectivity index (χ0n) is 12.2. The molecule has 0 atom stereocenters. The van der Waals surface area contributed by atoms with Crippen LogP contribution in [-0.2, 0) is 12.1 Å². The SMILES string of the molecule is NC1(c2noc(COc3cccc4ccccc34)n2)CCC1. The standard InChI is InChI=1S/C17H17N3O2/c18-17(9-4-10-17)16-19-15(22-20-16)11-21-14-8-3-6-12-5-1-2-7-13(12)14/h1-3,5-8H,4,9-11,18H2. The number of rotatable bonds is 4. The van der Waals surface area contributed by atoms with Crippen LogP contribution in [0.4, 0.5) is 0 Å². The summed E-state index contributed by atoms with van der Waals surface area (Å²) in [7, 11) is 0. The van der Waals surface area contributed by atoms with Crippen molar-refractivity contribution < 1.29 is 9.26 Å². The maximum absolute atomic E-state index is 6.19. The molecule has 2 N–H and O–H groups in total. The monoisotopic (exact) mass is 295 g/mol. The van der Waals surface area contributed by atoms with Crippen LogP contribution in [0.2, 0.25) is 0 Å². The van der Waals surface area contributed by atoms with Gasteiger partial charge < -0.3 is 15.0 Å². The summed E-state index contributed by atoms with van der Waals surface area (Å²) in [5.74, 6) is 1.86. The lowest BCUT2D eigenvalue weighted by molar-refractivity contribution is 0.223. The molecular formula is C17H17N3O2. The molecule has 1 aliphatic carbocycles. The molecule has 5 heteroatoms. The Hall–Kier alpha value is -2.40. The van der Waals surface area contributed by atoms with Gasteiger partial charge in [-0.3, -0.25) is 0 Å². The van der Waals surface area contributed by atoms with Crippen molar-refractivity contribution in [2.45, 2.75) is 31.4 Å². The molecular weight excluding hydrogens is 278 g/mol. The van der Waals surface area contributed by atoms with E-state index in [-0.39, 0.29) is 6.61 Å². The largest absolute Gasteiger partial charge is 0.483 e. The molecule has 0 aliphatic heterocycles. The summed E-state index contributed by atoms with van der Waals surface area (Å²) in [5, 5.41) is 6.20. The fourth-order valence-corrected chi connectivity index (χ4v) is 2.76. The molecule has 22 heavy (non-hydrogen) atoms. The highest BCUT2D eigenvalue weighted by Gasteiger charge is 2.38. The van der Waals surface area contributed by atoms with Gasteiger partial charge in [-0.1, -0.05) is 41.6 Å². The van der Waals surface area contributed by atoms with E-state index in [1.54, 1.807) is 0 Å². The minimum absolute atomic E-state index is 0.247. The highest BCUT2D eigenvalue weighted by Crippen LogP contribution is 2.37. The van der Waals surface area contributed by atoms with E-state index in [1.807, 2.05) is 30.3 Å². The van der Waals surface area contributed by atoms with Crippen molar-refractivity contribution >= 4 is 10.8 Å². The van der Waals surface area contributed by atoms with E-state index >= 15 is 0 Å². The first-order chi connectivity index (χ1) is 10.7. The Labute approximate surface area is 128 Å². The second kappa shape index (κ2) is 5.10. The lowest BCUT2D eigenvalue weighted by atomic mass is 9.77. The van der Waals surface area contributed by atoms with Crippen LogP contribution in [0.15, 0.2) is 47.0 Å². The molecule has 0 spiro atoms. The first-order valence-electron chi connectivity index (χ1n) is 7.47. The van der Waals surface area contributed by atoms with Crippen LogP contribution in [0, 0.1) is 0 Å². The fraction of sp³-hybridized carbons (Fsp3) is 0.294. The van der Waals surface area contributed by atoms with Crippen molar-refractivity contribution in [2.24, 2.45) is 5.73 Å². The molecule has 4 rings (SSSR count). The lowest BCUT2D eigenvalue weighted by Crippen LogP contribution is -2.44. The van der Waals surface area contributed by atoms with E-state index < -0.39 is 5.54 Å². The Balaban J connectivity index is 1.52. The summed E-state index contributed by atoms with van der Waals surface area (Å²) in [5.41, 5.74) is 5.79. The van der Waals surface area contributed by atoms with Crippen molar-refractivity contribution in [3.63, 3.8) is 0 Å². The van der Waals surface area contributed by atoms with Crippen LogP contribution in [0.25, 0.3) is 10.8 Å². The van der Waals surface area contributed by atoms with Gasteiger partial charge in [0.25, 0.3) is 5.89 Å². The van der Waals surface area contributed by atoms with Crippen molar-refractivity contribution in [2.75, 3.05) is 0 Å². The lowest BCUT2D eigenvalue weighted by Gasteiger charge is -2.34. The molecule has 0 unspecified atom stereocenters. The topological polar surface area (TPSA) is 74.2 Å². The van der Waals surface area contributed by atoms with Crippen LogP contribution in [-0.4, -0.2) is 10.1 Å². The molecule has 1 saturated carbocycles. The number of nitrogens with zero attached hydrogens (tertiary/aromatic N) is 2. The summed E-state index contributed by atoms with van der Waals surface area (Å²) in [4.78, 5) is 4.37. The molecule has 3 aromatic rings. The number of hydrogen-bond donors (Lipinski definition) is 1. The van der Waals surface area contributed by atoms with Gasteiger partial charge in [0.2, 0.25) is 0 Å². The fourth-order valence-electron chi connectivity index (χ4n) is 2.76. The highest BCUT2D eigenvalue weighted by atomic mass is 16.5. The Bertz CT molecular complexity index is 803. The zero-order valence-corrected chi connectivity index (χ0v) is 12.2. The Morgan fingerprint density at radius 1 is 1.14 bits per heavy atom. The molecule has 0 saturated heterocycles. The summed E-state index contributed by atoms with van der Waals surface area (Å²) in [6.07, 6.45) is 2.94. The van der Waals surface area contributed by atoms with E-state index in [9.17, 15) is 0 Å².